The first-order valence-electron chi connectivity index (χ1n) is 7.13. The molecular formula is C16H20N2O4. The lowest BCUT2D eigenvalue weighted by Gasteiger charge is -2.28. The quantitative estimate of drug-likeness (QED) is 0.884. The fourth-order valence-electron chi connectivity index (χ4n) is 2.19. The molecular weight excluding hydrogens is 284 g/mol. The van der Waals surface area contributed by atoms with E-state index >= 15 is 0 Å². The summed E-state index contributed by atoms with van der Waals surface area (Å²) in [4.78, 5) is 27.8. The molecule has 0 saturated heterocycles. The Kier molecular flexibility index (Phi) is 4.21. The number of carboxylic acids is 1. The molecule has 1 unspecified atom stereocenters. The van der Waals surface area contributed by atoms with Crippen LogP contribution in [0.3, 0.4) is 0 Å². The van der Waals surface area contributed by atoms with Gasteiger partial charge in [0.15, 0.2) is 11.5 Å². The van der Waals surface area contributed by atoms with E-state index in [1.165, 1.54) is 0 Å². The van der Waals surface area contributed by atoms with Gasteiger partial charge in [-0.3, -0.25) is 9.59 Å². The third-order valence-corrected chi connectivity index (χ3v) is 4.07. The maximum atomic E-state index is 12.2. The normalized spacial score (nSPS) is 14.0. The molecule has 0 aliphatic rings. The number of rotatable bonds is 5. The largest absolute Gasteiger partial charge is 0.481 e. The summed E-state index contributed by atoms with van der Waals surface area (Å²) in [7, 11) is 0. The van der Waals surface area contributed by atoms with Crippen LogP contribution in [0.1, 0.15) is 33.1 Å². The Morgan fingerprint density at radius 2 is 2.09 bits per heavy atom. The highest BCUT2D eigenvalue weighted by Crippen LogP contribution is 2.32. The Morgan fingerprint density at radius 1 is 1.41 bits per heavy atom. The summed E-state index contributed by atoms with van der Waals surface area (Å²) in [6.45, 7) is 6.93. The van der Waals surface area contributed by atoms with Gasteiger partial charge in [-0.2, -0.15) is 0 Å². The van der Waals surface area contributed by atoms with Crippen LogP contribution in [0.5, 0.6) is 0 Å². The molecule has 1 aromatic heterocycles. The molecule has 118 valence electrons. The second-order valence-corrected chi connectivity index (χ2v) is 6.02. The minimum Gasteiger partial charge on any atom is -0.481 e. The molecule has 6 nitrogen and oxygen atoms in total. The van der Waals surface area contributed by atoms with Gasteiger partial charge in [0, 0.05) is 19.0 Å². The van der Waals surface area contributed by atoms with Crippen LogP contribution in [0.2, 0.25) is 0 Å². The van der Waals surface area contributed by atoms with Gasteiger partial charge in [0.05, 0.1) is 5.41 Å². The van der Waals surface area contributed by atoms with Crippen LogP contribution >= 0.6 is 0 Å². The Balaban J connectivity index is 2.14. The smallest absolute Gasteiger partial charge is 0.310 e. The number of fused-ring (bicyclic) bond motifs is 1. The molecule has 0 aliphatic carbocycles. The van der Waals surface area contributed by atoms with Crippen molar-refractivity contribution in [2.45, 2.75) is 34.1 Å². The molecule has 1 atom stereocenters. The Bertz CT molecular complexity index is 720. The minimum atomic E-state index is -1.10. The molecule has 2 aromatic rings. The number of nitrogens with zero attached hydrogens (tertiary/aromatic N) is 1. The lowest BCUT2D eigenvalue weighted by atomic mass is 9.76. The zero-order valence-corrected chi connectivity index (χ0v) is 13.1. The third-order valence-electron chi connectivity index (χ3n) is 4.07. The van der Waals surface area contributed by atoms with Crippen molar-refractivity contribution in [2.24, 2.45) is 11.3 Å². The van der Waals surface area contributed by atoms with E-state index in [1.54, 1.807) is 45.9 Å². The number of nitrogens with one attached hydrogen (secondary N) is 1. The van der Waals surface area contributed by atoms with E-state index in [0.717, 1.165) is 0 Å². The third kappa shape index (κ3) is 3.10. The van der Waals surface area contributed by atoms with Crippen molar-refractivity contribution >= 4 is 28.7 Å². The van der Waals surface area contributed by atoms with Gasteiger partial charge in [-0.25, -0.2) is 4.98 Å². The van der Waals surface area contributed by atoms with Gasteiger partial charge >= 0.3 is 5.97 Å². The van der Waals surface area contributed by atoms with E-state index in [-0.39, 0.29) is 18.2 Å². The predicted molar refractivity (Wildman–Crippen MR) is 82.6 cm³/mol. The summed E-state index contributed by atoms with van der Waals surface area (Å²) in [5.41, 5.74) is 0.772. The van der Waals surface area contributed by atoms with E-state index in [9.17, 15) is 14.7 Å². The van der Waals surface area contributed by atoms with Crippen molar-refractivity contribution in [2.75, 3.05) is 5.32 Å². The van der Waals surface area contributed by atoms with Gasteiger partial charge in [-0.05, 0) is 31.0 Å². The summed E-state index contributed by atoms with van der Waals surface area (Å²) in [6, 6.07) is 5.14. The molecule has 6 heteroatoms. The van der Waals surface area contributed by atoms with Gasteiger partial charge in [-0.1, -0.05) is 13.8 Å². The second-order valence-electron chi connectivity index (χ2n) is 6.02. The van der Waals surface area contributed by atoms with Crippen molar-refractivity contribution in [1.29, 1.82) is 0 Å². The number of hydrogen-bond donors (Lipinski definition) is 2. The molecule has 0 aliphatic heterocycles. The summed E-state index contributed by atoms with van der Waals surface area (Å²) >= 11 is 0. The number of carboxylic acid groups (broad SMARTS) is 1. The topological polar surface area (TPSA) is 92.4 Å². The van der Waals surface area contributed by atoms with Crippen LogP contribution in [0.25, 0.3) is 11.1 Å². The van der Waals surface area contributed by atoms with Crippen molar-refractivity contribution in [3.8, 4) is 0 Å². The Morgan fingerprint density at radius 3 is 2.68 bits per heavy atom. The second kappa shape index (κ2) is 5.79. The minimum absolute atomic E-state index is 0.0874. The lowest BCUT2D eigenvalue weighted by Crippen LogP contribution is -2.37. The fraction of sp³-hybridized carbons (Fsp3) is 0.438. The van der Waals surface area contributed by atoms with Gasteiger partial charge in [-0.15, -0.1) is 0 Å². The summed E-state index contributed by atoms with van der Waals surface area (Å²) < 4.78 is 5.37. The molecule has 1 aromatic carbocycles. The first-order valence-corrected chi connectivity index (χ1v) is 7.13. The molecule has 1 heterocycles. The van der Waals surface area contributed by atoms with Crippen molar-refractivity contribution < 1.29 is 19.1 Å². The van der Waals surface area contributed by atoms with Crippen molar-refractivity contribution in [3.63, 3.8) is 0 Å². The maximum Gasteiger partial charge on any atom is 0.310 e. The zero-order valence-electron chi connectivity index (χ0n) is 13.1. The molecule has 22 heavy (non-hydrogen) atoms. The van der Waals surface area contributed by atoms with Crippen molar-refractivity contribution in [3.05, 3.63) is 24.1 Å². The van der Waals surface area contributed by atoms with Gasteiger partial charge < -0.3 is 14.8 Å². The van der Waals surface area contributed by atoms with E-state index in [2.05, 4.69) is 10.3 Å². The monoisotopic (exact) mass is 304 g/mol. The number of aliphatic carboxylic acids is 1. The Labute approximate surface area is 128 Å². The molecule has 0 bridgehead atoms. The standard InChI is InChI=1S/C16H20N2O4/c1-9(2)16(4,15(20)21)8-14(19)18-11-5-6-13-12(7-11)17-10(3)22-13/h5-7,9H,8H2,1-4H3,(H,18,19)(H,20,21). The highest BCUT2D eigenvalue weighted by Gasteiger charge is 2.38. The highest BCUT2D eigenvalue weighted by molar-refractivity contribution is 5.95. The fourth-order valence-corrected chi connectivity index (χ4v) is 2.19. The molecule has 2 N–H and O–H groups in total. The number of amides is 1. The predicted octanol–water partition coefficient (Wildman–Crippen LogP) is 3.21. The molecule has 0 radical (unpaired) electrons. The SMILES string of the molecule is Cc1nc2cc(NC(=O)CC(C)(C(=O)O)C(C)C)ccc2o1. The molecule has 0 spiro atoms. The first kappa shape index (κ1) is 16.0. The van der Waals surface area contributed by atoms with Crippen LogP contribution < -0.4 is 5.32 Å². The van der Waals surface area contributed by atoms with Crippen LogP contribution in [-0.4, -0.2) is 22.0 Å². The van der Waals surface area contributed by atoms with Gasteiger partial charge in [0.2, 0.25) is 5.91 Å². The van der Waals surface area contributed by atoms with E-state index < -0.39 is 11.4 Å². The number of carbonyl (C=O) groups is 2. The summed E-state index contributed by atoms with van der Waals surface area (Å²) in [5, 5.41) is 12.1. The van der Waals surface area contributed by atoms with Gasteiger partial charge in [0.25, 0.3) is 0 Å². The zero-order chi connectivity index (χ0) is 16.5. The van der Waals surface area contributed by atoms with E-state index in [0.29, 0.717) is 22.7 Å². The lowest BCUT2D eigenvalue weighted by molar-refractivity contribution is -0.153. The molecule has 1 amide bonds. The molecule has 0 fully saturated rings. The van der Waals surface area contributed by atoms with Crippen LogP contribution in [0.15, 0.2) is 22.6 Å². The number of benzene rings is 1. The van der Waals surface area contributed by atoms with E-state index in [4.69, 9.17) is 4.42 Å². The highest BCUT2D eigenvalue weighted by atomic mass is 16.4. The number of hydrogen-bond acceptors (Lipinski definition) is 4. The van der Waals surface area contributed by atoms with E-state index in [1.807, 2.05) is 0 Å². The molecule has 2 rings (SSSR count). The number of oxazole rings is 1. The van der Waals surface area contributed by atoms with Gasteiger partial charge in [0.1, 0.15) is 5.52 Å². The summed E-state index contributed by atoms with van der Waals surface area (Å²) in [5.74, 6) is -0.911. The Hall–Kier alpha value is -2.37. The van der Waals surface area contributed by atoms with Crippen LogP contribution in [0.4, 0.5) is 5.69 Å². The number of aryl methyl sites for hydroxylation is 1. The van der Waals surface area contributed by atoms with Crippen LogP contribution in [-0.2, 0) is 9.59 Å². The number of anilines is 1. The number of carbonyl (C=O) groups excluding carboxylic acids is 1. The maximum absolute atomic E-state index is 12.2. The van der Waals surface area contributed by atoms with Crippen molar-refractivity contribution in [1.82, 2.24) is 4.98 Å². The summed E-state index contributed by atoms with van der Waals surface area (Å²) in [6.07, 6.45) is -0.0874. The number of aromatic nitrogens is 1. The van der Waals surface area contributed by atoms with Crippen LogP contribution in [0, 0.1) is 18.3 Å². The molecule has 0 saturated carbocycles. The average Bonchev–Trinajstić information content (AvgIpc) is 2.77. The average molecular weight is 304 g/mol. The first-order chi connectivity index (χ1) is 10.2.